The SMILES string of the molecule is O=C(Cc1ccc2ccccc2n1)c1ccc(F)cc1. The van der Waals surface area contributed by atoms with Crippen LogP contribution in [-0.2, 0) is 6.42 Å². The number of fused-ring (bicyclic) bond motifs is 1. The molecule has 0 unspecified atom stereocenters. The van der Waals surface area contributed by atoms with Crippen molar-refractivity contribution in [2.75, 3.05) is 0 Å². The summed E-state index contributed by atoms with van der Waals surface area (Å²) in [7, 11) is 0. The first kappa shape index (κ1) is 12.5. The molecule has 0 amide bonds. The number of nitrogens with zero attached hydrogens (tertiary/aromatic N) is 1. The van der Waals surface area contributed by atoms with Gasteiger partial charge in [0.05, 0.1) is 11.9 Å². The van der Waals surface area contributed by atoms with Gasteiger partial charge in [-0.1, -0.05) is 24.3 Å². The number of carbonyl (C=O) groups is 1. The van der Waals surface area contributed by atoms with Crippen molar-refractivity contribution in [3.05, 3.63) is 77.7 Å². The zero-order valence-electron chi connectivity index (χ0n) is 10.7. The summed E-state index contributed by atoms with van der Waals surface area (Å²) < 4.78 is 12.8. The summed E-state index contributed by atoms with van der Waals surface area (Å²) in [6, 6.07) is 17.2. The number of para-hydroxylation sites is 1. The fourth-order valence-corrected chi connectivity index (χ4v) is 2.11. The van der Waals surface area contributed by atoms with Crippen LogP contribution < -0.4 is 0 Å². The summed E-state index contributed by atoms with van der Waals surface area (Å²) >= 11 is 0. The Morgan fingerprint density at radius 2 is 1.70 bits per heavy atom. The molecule has 0 bridgehead atoms. The average molecular weight is 265 g/mol. The predicted octanol–water partition coefficient (Wildman–Crippen LogP) is 3.80. The lowest BCUT2D eigenvalue weighted by Crippen LogP contribution is -2.05. The number of hydrogen-bond acceptors (Lipinski definition) is 2. The molecule has 0 spiro atoms. The molecule has 1 heterocycles. The summed E-state index contributed by atoms with van der Waals surface area (Å²) in [4.78, 5) is 16.6. The second-order valence-corrected chi connectivity index (χ2v) is 4.60. The zero-order valence-corrected chi connectivity index (χ0v) is 10.7. The molecule has 2 aromatic carbocycles. The molecule has 0 fully saturated rings. The molecule has 0 saturated heterocycles. The summed E-state index contributed by atoms with van der Waals surface area (Å²) in [6.45, 7) is 0. The standard InChI is InChI=1S/C17H12FNO/c18-14-8-5-13(6-9-14)17(20)11-15-10-7-12-3-1-2-4-16(12)19-15/h1-10H,11H2. The van der Waals surface area contributed by atoms with Crippen molar-refractivity contribution in [3.8, 4) is 0 Å². The molecule has 0 N–H and O–H groups in total. The van der Waals surface area contributed by atoms with Crippen LogP contribution in [0.3, 0.4) is 0 Å². The van der Waals surface area contributed by atoms with Crippen molar-refractivity contribution in [1.29, 1.82) is 0 Å². The highest BCUT2D eigenvalue weighted by atomic mass is 19.1. The van der Waals surface area contributed by atoms with Crippen LogP contribution in [0.25, 0.3) is 10.9 Å². The minimum atomic E-state index is -0.342. The topological polar surface area (TPSA) is 30.0 Å². The quantitative estimate of drug-likeness (QED) is 0.674. The molecule has 0 atom stereocenters. The highest BCUT2D eigenvalue weighted by molar-refractivity contribution is 5.97. The Labute approximate surface area is 115 Å². The molecule has 3 rings (SSSR count). The fraction of sp³-hybridized carbons (Fsp3) is 0.0588. The first-order chi connectivity index (χ1) is 9.72. The Bertz CT molecular complexity index is 765. The van der Waals surface area contributed by atoms with Crippen LogP contribution in [0.2, 0.25) is 0 Å². The maximum atomic E-state index is 12.8. The minimum absolute atomic E-state index is 0.0622. The van der Waals surface area contributed by atoms with Gasteiger partial charge < -0.3 is 0 Å². The Morgan fingerprint density at radius 3 is 2.50 bits per heavy atom. The molecule has 20 heavy (non-hydrogen) atoms. The number of hydrogen-bond donors (Lipinski definition) is 0. The Hall–Kier alpha value is -2.55. The molecule has 0 radical (unpaired) electrons. The summed E-state index contributed by atoms with van der Waals surface area (Å²) in [6.07, 6.45) is 0.219. The van der Waals surface area contributed by atoms with E-state index in [2.05, 4.69) is 4.98 Å². The van der Waals surface area contributed by atoms with E-state index in [0.717, 1.165) is 16.6 Å². The van der Waals surface area contributed by atoms with Crippen LogP contribution in [-0.4, -0.2) is 10.8 Å². The van der Waals surface area contributed by atoms with Gasteiger partial charge in [-0.3, -0.25) is 9.78 Å². The van der Waals surface area contributed by atoms with Crippen LogP contribution in [0.1, 0.15) is 16.1 Å². The van der Waals surface area contributed by atoms with E-state index in [1.165, 1.54) is 24.3 Å². The maximum absolute atomic E-state index is 12.8. The highest BCUT2D eigenvalue weighted by Crippen LogP contribution is 2.13. The molecular formula is C17H12FNO. The second kappa shape index (κ2) is 5.21. The number of carbonyl (C=O) groups excluding carboxylic acids is 1. The van der Waals surface area contributed by atoms with Crippen LogP contribution >= 0.6 is 0 Å². The first-order valence-corrected chi connectivity index (χ1v) is 6.36. The van der Waals surface area contributed by atoms with E-state index in [4.69, 9.17) is 0 Å². The maximum Gasteiger partial charge on any atom is 0.168 e. The van der Waals surface area contributed by atoms with Gasteiger partial charge in [-0.15, -0.1) is 0 Å². The van der Waals surface area contributed by atoms with Crippen molar-refractivity contribution in [2.45, 2.75) is 6.42 Å². The zero-order chi connectivity index (χ0) is 13.9. The molecule has 98 valence electrons. The Kier molecular flexibility index (Phi) is 3.25. The lowest BCUT2D eigenvalue weighted by Gasteiger charge is -2.03. The molecule has 2 nitrogen and oxygen atoms in total. The van der Waals surface area contributed by atoms with Gasteiger partial charge in [0.2, 0.25) is 0 Å². The van der Waals surface area contributed by atoms with Crippen LogP contribution in [0, 0.1) is 5.82 Å². The highest BCUT2D eigenvalue weighted by Gasteiger charge is 2.08. The van der Waals surface area contributed by atoms with Crippen molar-refractivity contribution in [3.63, 3.8) is 0 Å². The summed E-state index contributed by atoms with van der Waals surface area (Å²) in [5.41, 5.74) is 2.09. The largest absolute Gasteiger partial charge is 0.294 e. The van der Waals surface area contributed by atoms with Gasteiger partial charge >= 0.3 is 0 Å². The predicted molar refractivity (Wildman–Crippen MR) is 76.2 cm³/mol. The molecule has 1 aromatic heterocycles. The van der Waals surface area contributed by atoms with Crippen molar-refractivity contribution in [1.82, 2.24) is 4.98 Å². The molecule has 3 aromatic rings. The van der Waals surface area contributed by atoms with Crippen molar-refractivity contribution >= 4 is 16.7 Å². The number of benzene rings is 2. The van der Waals surface area contributed by atoms with E-state index >= 15 is 0 Å². The third-order valence-electron chi connectivity index (χ3n) is 3.16. The smallest absolute Gasteiger partial charge is 0.168 e. The first-order valence-electron chi connectivity index (χ1n) is 6.36. The van der Waals surface area contributed by atoms with Crippen molar-refractivity contribution < 1.29 is 9.18 Å². The van der Waals surface area contributed by atoms with E-state index in [9.17, 15) is 9.18 Å². The van der Waals surface area contributed by atoms with Crippen molar-refractivity contribution in [2.24, 2.45) is 0 Å². The van der Waals surface area contributed by atoms with E-state index in [0.29, 0.717) is 5.56 Å². The molecule has 3 heteroatoms. The monoisotopic (exact) mass is 265 g/mol. The van der Waals surface area contributed by atoms with Gasteiger partial charge in [-0.05, 0) is 36.4 Å². The van der Waals surface area contributed by atoms with Crippen LogP contribution in [0.4, 0.5) is 4.39 Å². The van der Waals surface area contributed by atoms with Gasteiger partial charge in [0.25, 0.3) is 0 Å². The third-order valence-corrected chi connectivity index (χ3v) is 3.16. The van der Waals surface area contributed by atoms with E-state index in [1.54, 1.807) is 0 Å². The normalized spacial score (nSPS) is 10.7. The number of halogens is 1. The minimum Gasteiger partial charge on any atom is -0.294 e. The third kappa shape index (κ3) is 2.57. The summed E-state index contributed by atoms with van der Waals surface area (Å²) in [5.74, 6) is -0.404. The summed E-state index contributed by atoms with van der Waals surface area (Å²) in [5, 5.41) is 1.05. The average Bonchev–Trinajstić information content (AvgIpc) is 2.48. The van der Waals surface area contributed by atoms with E-state index < -0.39 is 0 Å². The lowest BCUT2D eigenvalue weighted by molar-refractivity contribution is 0.0992. The van der Waals surface area contributed by atoms with Gasteiger partial charge in [-0.25, -0.2) is 4.39 Å². The Morgan fingerprint density at radius 1 is 0.950 bits per heavy atom. The number of pyridine rings is 1. The number of ketones is 1. The van der Waals surface area contributed by atoms with Crippen LogP contribution in [0.5, 0.6) is 0 Å². The number of rotatable bonds is 3. The second-order valence-electron chi connectivity index (χ2n) is 4.60. The van der Waals surface area contributed by atoms with E-state index in [-0.39, 0.29) is 18.0 Å². The van der Waals surface area contributed by atoms with Crippen LogP contribution in [0.15, 0.2) is 60.7 Å². The molecular weight excluding hydrogens is 253 g/mol. The van der Waals surface area contributed by atoms with Gasteiger partial charge in [0, 0.05) is 16.6 Å². The fourth-order valence-electron chi connectivity index (χ4n) is 2.11. The van der Waals surface area contributed by atoms with Gasteiger partial charge in [0.15, 0.2) is 5.78 Å². The molecule has 0 aliphatic heterocycles. The number of Topliss-reactive ketones (excluding diaryl/α,β-unsaturated/α-hetero) is 1. The van der Waals surface area contributed by atoms with Gasteiger partial charge in [-0.2, -0.15) is 0 Å². The molecule has 0 aliphatic carbocycles. The molecule has 0 aliphatic rings. The van der Waals surface area contributed by atoms with Gasteiger partial charge in [0.1, 0.15) is 5.82 Å². The number of aromatic nitrogens is 1. The van der Waals surface area contributed by atoms with E-state index in [1.807, 2.05) is 36.4 Å². The Balaban J connectivity index is 1.85. The molecule has 0 saturated carbocycles. The lowest BCUT2D eigenvalue weighted by atomic mass is 10.1.